The predicted octanol–water partition coefficient (Wildman–Crippen LogP) is 2.04. The van der Waals surface area contributed by atoms with E-state index in [1.807, 2.05) is 25.4 Å². The summed E-state index contributed by atoms with van der Waals surface area (Å²) in [5, 5.41) is 1.11. The Balaban J connectivity index is 1.36. The minimum absolute atomic E-state index is 0.00153. The molecule has 0 aliphatic carbocycles. The molecule has 0 spiro atoms. The van der Waals surface area contributed by atoms with Crippen molar-refractivity contribution in [3.8, 4) is 0 Å². The van der Waals surface area contributed by atoms with Gasteiger partial charge in [-0.1, -0.05) is 12.1 Å². The van der Waals surface area contributed by atoms with Crippen molar-refractivity contribution in [2.75, 3.05) is 31.1 Å². The number of piperazine rings is 1. The molecule has 2 aromatic heterocycles. The number of aryl methyl sites for hydroxylation is 1. The highest BCUT2D eigenvalue weighted by Crippen LogP contribution is 2.23. The van der Waals surface area contributed by atoms with Gasteiger partial charge in [0.1, 0.15) is 0 Å². The molecule has 1 aliphatic heterocycles. The molecule has 3 aromatic rings. The number of benzene rings is 1. The molecule has 2 N–H and O–H groups in total. The molecule has 7 heteroatoms. The second-order valence-corrected chi connectivity index (χ2v) is 7.55. The van der Waals surface area contributed by atoms with Crippen molar-refractivity contribution in [2.24, 2.45) is 5.73 Å². The molecule has 1 aliphatic rings. The zero-order valence-electron chi connectivity index (χ0n) is 14.3. The third-order valence-corrected chi connectivity index (χ3v) is 5.61. The molecule has 0 saturated carbocycles. The lowest BCUT2D eigenvalue weighted by molar-refractivity contribution is 0.186. The zero-order chi connectivity index (χ0) is 17.2. The number of hydrogen-bond donors (Lipinski definition) is 1. The Hall–Kier alpha value is -2.09. The Morgan fingerprint density at radius 3 is 2.56 bits per heavy atom. The monoisotopic (exact) mass is 354 g/mol. The number of nitrogens with two attached hydrogens (primary N) is 1. The second-order valence-electron chi connectivity index (χ2n) is 6.43. The molecule has 130 valence electrons. The van der Waals surface area contributed by atoms with Gasteiger partial charge in [0.25, 0.3) is 0 Å². The van der Waals surface area contributed by atoms with Crippen LogP contribution in [0.5, 0.6) is 0 Å². The summed E-state index contributed by atoms with van der Waals surface area (Å²) in [7, 11) is 0. The number of hydrogen-bond acceptors (Lipinski definition) is 7. The van der Waals surface area contributed by atoms with Crippen molar-refractivity contribution in [1.82, 2.24) is 19.9 Å². The Kier molecular flexibility index (Phi) is 4.61. The fourth-order valence-corrected chi connectivity index (χ4v) is 4.13. The number of fused-ring (bicyclic) bond motifs is 1. The van der Waals surface area contributed by atoms with Gasteiger partial charge in [-0.15, -0.1) is 11.3 Å². The van der Waals surface area contributed by atoms with Crippen LogP contribution in [0.3, 0.4) is 0 Å². The molecule has 1 fully saturated rings. The van der Waals surface area contributed by atoms with Gasteiger partial charge in [0, 0.05) is 45.0 Å². The summed E-state index contributed by atoms with van der Waals surface area (Å²) in [5.74, 6) is 0.810. The van der Waals surface area contributed by atoms with E-state index >= 15 is 0 Å². The number of nitrogens with zero attached hydrogens (tertiary/aromatic N) is 5. The molecule has 1 unspecified atom stereocenters. The van der Waals surface area contributed by atoms with Crippen LogP contribution >= 0.6 is 11.3 Å². The van der Waals surface area contributed by atoms with Gasteiger partial charge < -0.3 is 10.6 Å². The van der Waals surface area contributed by atoms with Crippen LogP contribution in [0.1, 0.15) is 10.6 Å². The molecular weight excluding hydrogens is 332 g/mol. The van der Waals surface area contributed by atoms with Crippen LogP contribution in [0.25, 0.3) is 10.2 Å². The second kappa shape index (κ2) is 7.03. The topological polar surface area (TPSA) is 71.2 Å². The van der Waals surface area contributed by atoms with Crippen LogP contribution in [-0.4, -0.2) is 52.2 Å². The minimum atomic E-state index is 0.00153. The summed E-state index contributed by atoms with van der Waals surface area (Å²) >= 11 is 1.74. The van der Waals surface area contributed by atoms with Crippen LogP contribution in [0.15, 0.2) is 36.7 Å². The van der Waals surface area contributed by atoms with Crippen molar-refractivity contribution >= 4 is 27.5 Å². The van der Waals surface area contributed by atoms with E-state index in [1.54, 1.807) is 11.3 Å². The van der Waals surface area contributed by atoms with Gasteiger partial charge in [0.15, 0.2) is 0 Å². The molecule has 25 heavy (non-hydrogen) atoms. The fourth-order valence-electron chi connectivity index (χ4n) is 3.12. The summed E-state index contributed by atoms with van der Waals surface area (Å²) in [4.78, 5) is 18.1. The van der Waals surface area contributed by atoms with Crippen molar-refractivity contribution in [3.63, 3.8) is 0 Å². The predicted molar refractivity (Wildman–Crippen MR) is 102 cm³/mol. The van der Waals surface area contributed by atoms with Crippen LogP contribution in [-0.2, 0) is 6.42 Å². The first kappa shape index (κ1) is 16.4. The van der Waals surface area contributed by atoms with Crippen molar-refractivity contribution < 1.29 is 0 Å². The lowest BCUT2D eigenvalue weighted by Crippen LogP contribution is -2.54. The van der Waals surface area contributed by atoms with Crippen molar-refractivity contribution in [1.29, 1.82) is 0 Å². The maximum atomic E-state index is 6.45. The van der Waals surface area contributed by atoms with E-state index in [0.717, 1.165) is 54.6 Å². The first-order chi connectivity index (χ1) is 12.2. The van der Waals surface area contributed by atoms with E-state index in [-0.39, 0.29) is 6.17 Å². The van der Waals surface area contributed by atoms with Crippen molar-refractivity contribution in [2.45, 2.75) is 19.5 Å². The fraction of sp³-hybridized carbons (Fsp3) is 0.389. The van der Waals surface area contributed by atoms with E-state index in [1.165, 1.54) is 4.70 Å². The lowest BCUT2D eigenvalue weighted by Gasteiger charge is -2.37. The van der Waals surface area contributed by atoms with E-state index < -0.39 is 0 Å². The van der Waals surface area contributed by atoms with Gasteiger partial charge in [-0.2, -0.15) is 0 Å². The number of para-hydroxylation sites is 1. The number of rotatable bonds is 4. The molecule has 1 saturated heterocycles. The summed E-state index contributed by atoms with van der Waals surface area (Å²) in [5.41, 5.74) is 8.60. The smallest absolute Gasteiger partial charge is 0.225 e. The maximum absolute atomic E-state index is 6.45. The molecule has 6 nitrogen and oxygen atoms in total. The van der Waals surface area contributed by atoms with Gasteiger partial charge in [0.05, 0.1) is 21.4 Å². The summed E-state index contributed by atoms with van der Waals surface area (Å²) < 4.78 is 1.23. The quantitative estimate of drug-likeness (QED) is 0.773. The van der Waals surface area contributed by atoms with Gasteiger partial charge in [-0.25, -0.2) is 15.0 Å². The van der Waals surface area contributed by atoms with E-state index in [4.69, 9.17) is 10.7 Å². The normalized spacial score (nSPS) is 17.1. The van der Waals surface area contributed by atoms with Gasteiger partial charge in [-0.05, 0) is 24.6 Å². The highest BCUT2D eigenvalue weighted by atomic mass is 32.1. The Morgan fingerprint density at radius 2 is 1.84 bits per heavy atom. The summed E-state index contributed by atoms with van der Waals surface area (Å²) in [6.07, 6.45) is 4.53. The van der Waals surface area contributed by atoms with Crippen LogP contribution < -0.4 is 10.6 Å². The van der Waals surface area contributed by atoms with Crippen LogP contribution in [0.4, 0.5) is 5.95 Å². The Labute approximate surface area is 151 Å². The minimum Gasteiger partial charge on any atom is -0.338 e. The van der Waals surface area contributed by atoms with Gasteiger partial charge in [-0.3, -0.25) is 4.90 Å². The number of thiazole rings is 1. The van der Waals surface area contributed by atoms with E-state index in [2.05, 4.69) is 38.0 Å². The van der Waals surface area contributed by atoms with Gasteiger partial charge in [0.2, 0.25) is 5.95 Å². The summed E-state index contributed by atoms with van der Waals surface area (Å²) in [6, 6.07) is 8.25. The highest BCUT2D eigenvalue weighted by Gasteiger charge is 2.23. The lowest BCUT2D eigenvalue weighted by atomic mass is 10.2. The first-order valence-corrected chi connectivity index (χ1v) is 9.38. The molecule has 3 heterocycles. The first-order valence-electron chi connectivity index (χ1n) is 8.57. The largest absolute Gasteiger partial charge is 0.338 e. The molecule has 1 atom stereocenters. The third-order valence-electron chi connectivity index (χ3n) is 4.56. The molecule has 4 rings (SSSR count). The zero-order valence-corrected chi connectivity index (χ0v) is 15.1. The standard InChI is InChI=1S/C18H22N6S/c1-13-11-20-18(21-12-13)24-8-6-23(7-9-24)16(19)10-17-22-14-4-2-3-5-15(14)25-17/h2-5,11-12,16H,6-10,19H2,1H3. The van der Waals surface area contributed by atoms with Crippen LogP contribution in [0, 0.1) is 6.92 Å². The highest BCUT2D eigenvalue weighted by molar-refractivity contribution is 7.18. The third kappa shape index (κ3) is 3.63. The average molecular weight is 354 g/mol. The molecule has 0 amide bonds. The number of anilines is 1. The number of aromatic nitrogens is 3. The Morgan fingerprint density at radius 1 is 1.12 bits per heavy atom. The summed E-state index contributed by atoms with van der Waals surface area (Å²) in [6.45, 7) is 5.64. The maximum Gasteiger partial charge on any atom is 0.225 e. The molecule has 0 bridgehead atoms. The average Bonchev–Trinajstić information content (AvgIpc) is 3.05. The molecule has 0 radical (unpaired) electrons. The SMILES string of the molecule is Cc1cnc(N2CCN(C(N)Cc3nc4ccccc4s3)CC2)nc1. The molecule has 1 aromatic carbocycles. The Bertz CT molecular complexity index is 805. The van der Waals surface area contributed by atoms with E-state index in [9.17, 15) is 0 Å². The van der Waals surface area contributed by atoms with E-state index in [0.29, 0.717) is 0 Å². The van der Waals surface area contributed by atoms with Crippen LogP contribution in [0.2, 0.25) is 0 Å². The molecular formula is C18H22N6S. The van der Waals surface area contributed by atoms with Gasteiger partial charge >= 0.3 is 0 Å². The van der Waals surface area contributed by atoms with Crippen molar-refractivity contribution in [3.05, 3.63) is 47.2 Å².